The lowest BCUT2D eigenvalue weighted by Gasteiger charge is -2.18. The predicted molar refractivity (Wildman–Crippen MR) is 87.0 cm³/mol. The molecule has 0 radical (unpaired) electrons. The summed E-state index contributed by atoms with van der Waals surface area (Å²) in [5.41, 5.74) is 3.49. The molecule has 1 aliphatic rings. The standard InChI is InChI=1S/C17H20F3N3/c1-5-12-11(2)7-6-8-13(12)15-22-14(9-10-17(18,19)20)16(21-3)23(15)4/h6-9H,5,10H2,1-4H3/b14-9+,21-16?. The summed E-state index contributed by atoms with van der Waals surface area (Å²) in [5.74, 6) is 1.09. The molecule has 124 valence electrons. The first-order chi connectivity index (χ1) is 10.8. The van der Waals surface area contributed by atoms with Crippen LogP contribution in [0.5, 0.6) is 0 Å². The number of aliphatic imine (C=N–C) groups is 2. The lowest BCUT2D eigenvalue weighted by molar-refractivity contribution is -0.125. The average molecular weight is 323 g/mol. The molecule has 0 saturated carbocycles. The van der Waals surface area contributed by atoms with Crippen LogP contribution in [0.3, 0.4) is 0 Å². The highest BCUT2D eigenvalue weighted by molar-refractivity contribution is 6.20. The maximum Gasteiger partial charge on any atom is 0.392 e. The van der Waals surface area contributed by atoms with Gasteiger partial charge in [-0.05, 0) is 30.5 Å². The quantitative estimate of drug-likeness (QED) is 0.822. The number of allylic oxidation sites excluding steroid dienone is 1. The van der Waals surface area contributed by atoms with Crippen molar-refractivity contribution < 1.29 is 13.2 Å². The Kier molecular flexibility index (Phi) is 4.92. The maximum atomic E-state index is 12.5. The van der Waals surface area contributed by atoms with Crippen LogP contribution in [0, 0.1) is 6.92 Å². The second-order valence-corrected chi connectivity index (χ2v) is 5.40. The van der Waals surface area contributed by atoms with E-state index in [2.05, 4.69) is 16.9 Å². The number of rotatable bonds is 3. The molecule has 1 aliphatic heterocycles. The van der Waals surface area contributed by atoms with E-state index in [0.717, 1.165) is 29.2 Å². The average Bonchev–Trinajstić information content (AvgIpc) is 2.80. The minimum absolute atomic E-state index is 0.269. The number of benzene rings is 1. The molecular formula is C17H20F3N3. The molecule has 3 nitrogen and oxygen atoms in total. The van der Waals surface area contributed by atoms with Gasteiger partial charge in [0.15, 0.2) is 5.84 Å². The minimum atomic E-state index is -4.25. The van der Waals surface area contributed by atoms with E-state index < -0.39 is 12.6 Å². The Morgan fingerprint density at radius 2 is 2.00 bits per heavy atom. The van der Waals surface area contributed by atoms with Gasteiger partial charge in [-0.3, -0.25) is 4.99 Å². The Bertz CT molecular complexity index is 685. The summed E-state index contributed by atoms with van der Waals surface area (Å²) in [6, 6.07) is 5.90. The second kappa shape index (κ2) is 6.56. The van der Waals surface area contributed by atoms with E-state index >= 15 is 0 Å². The lowest BCUT2D eigenvalue weighted by atomic mass is 9.99. The smallest absolute Gasteiger partial charge is 0.312 e. The third-order valence-electron chi connectivity index (χ3n) is 3.83. The molecule has 0 atom stereocenters. The normalized spacial score (nSPS) is 18.9. The number of alkyl halides is 3. The summed E-state index contributed by atoms with van der Waals surface area (Å²) in [6.07, 6.45) is -3.34. The molecule has 0 aliphatic carbocycles. The number of halogens is 3. The first-order valence-electron chi connectivity index (χ1n) is 7.43. The van der Waals surface area contributed by atoms with Gasteiger partial charge in [0.25, 0.3) is 0 Å². The van der Waals surface area contributed by atoms with Crippen LogP contribution in [0.15, 0.2) is 40.0 Å². The molecule has 0 bridgehead atoms. The van der Waals surface area contributed by atoms with E-state index in [0.29, 0.717) is 11.7 Å². The molecule has 0 N–H and O–H groups in total. The summed E-state index contributed by atoms with van der Waals surface area (Å²) in [6.45, 7) is 4.07. The molecule has 0 saturated heterocycles. The minimum Gasteiger partial charge on any atom is -0.312 e. The molecule has 0 aromatic heterocycles. The molecule has 2 rings (SSSR count). The fourth-order valence-electron chi connectivity index (χ4n) is 2.75. The maximum absolute atomic E-state index is 12.5. The van der Waals surface area contributed by atoms with Gasteiger partial charge in [-0.1, -0.05) is 25.1 Å². The van der Waals surface area contributed by atoms with Crippen LogP contribution in [0.4, 0.5) is 13.2 Å². The highest BCUT2D eigenvalue weighted by Crippen LogP contribution is 2.26. The van der Waals surface area contributed by atoms with Gasteiger partial charge in [0.05, 0.1) is 6.42 Å². The van der Waals surface area contributed by atoms with Crippen LogP contribution in [0.2, 0.25) is 0 Å². The lowest BCUT2D eigenvalue weighted by Crippen LogP contribution is -2.29. The highest BCUT2D eigenvalue weighted by atomic mass is 19.4. The molecule has 1 aromatic rings. The van der Waals surface area contributed by atoms with Gasteiger partial charge in [0.1, 0.15) is 11.5 Å². The van der Waals surface area contributed by atoms with Gasteiger partial charge in [-0.2, -0.15) is 13.2 Å². The van der Waals surface area contributed by atoms with Crippen molar-refractivity contribution in [1.82, 2.24) is 4.90 Å². The van der Waals surface area contributed by atoms with Gasteiger partial charge in [-0.15, -0.1) is 0 Å². The molecular weight excluding hydrogens is 303 g/mol. The molecule has 0 amide bonds. The Morgan fingerprint density at radius 1 is 1.30 bits per heavy atom. The van der Waals surface area contributed by atoms with Crippen LogP contribution in [0.1, 0.15) is 30.0 Å². The summed E-state index contributed by atoms with van der Waals surface area (Å²) < 4.78 is 37.4. The number of aryl methyl sites for hydroxylation is 1. The second-order valence-electron chi connectivity index (χ2n) is 5.40. The van der Waals surface area contributed by atoms with Crippen molar-refractivity contribution in [1.29, 1.82) is 0 Å². The largest absolute Gasteiger partial charge is 0.392 e. The Hall–Kier alpha value is -2.11. The zero-order chi connectivity index (χ0) is 17.2. The summed E-state index contributed by atoms with van der Waals surface area (Å²) in [5, 5.41) is 0. The van der Waals surface area contributed by atoms with Crippen molar-refractivity contribution >= 4 is 11.7 Å². The Labute approximate surface area is 134 Å². The van der Waals surface area contributed by atoms with Crippen LogP contribution in [0.25, 0.3) is 0 Å². The monoisotopic (exact) mass is 323 g/mol. The van der Waals surface area contributed by atoms with Gasteiger partial charge in [0, 0.05) is 19.7 Å². The molecule has 1 heterocycles. The van der Waals surface area contributed by atoms with Crippen LogP contribution < -0.4 is 0 Å². The number of hydrogen-bond donors (Lipinski definition) is 0. The van der Waals surface area contributed by atoms with E-state index in [9.17, 15) is 13.2 Å². The highest BCUT2D eigenvalue weighted by Gasteiger charge is 2.30. The zero-order valence-electron chi connectivity index (χ0n) is 13.7. The van der Waals surface area contributed by atoms with E-state index in [1.165, 1.54) is 0 Å². The zero-order valence-corrected chi connectivity index (χ0v) is 13.7. The van der Waals surface area contributed by atoms with Crippen molar-refractivity contribution in [3.05, 3.63) is 46.7 Å². The molecule has 0 spiro atoms. The number of likely N-dealkylation sites (N-methyl/N-ethyl adjacent to an activating group) is 1. The number of hydrogen-bond acceptors (Lipinski definition) is 2. The SMILES string of the molecule is CCc1c(C)cccc1C1=N/C(=C/CC(F)(F)F)C(=NC)N1C. The van der Waals surface area contributed by atoms with Gasteiger partial charge < -0.3 is 4.90 Å². The Morgan fingerprint density at radius 3 is 2.57 bits per heavy atom. The number of amidine groups is 2. The third-order valence-corrected chi connectivity index (χ3v) is 3.83. The Balaban J connectivity index is 2.49. The molecule has 1 aromatic carbocycles. The summed E-state index contributed by atoms with van der Waals surface area (Å²) in [4.78, 5) is 10.3. The van der Waals surface area contributed by atoms with E-state index in [-0.39, 0.29) is 5.70 Å². The van der Waals surface area contributed by atoms with E-state index in [1.807, 2.05) is 25.1 Å². The van der Waals surface area contributed by atoms with Crippen LogP contribution >= 0.6 is 0 Å². The third kappa shape index (κ3) is 3.63. The van der Waals surface area contributed by atoms with Crippen LogP contribution in [-0.2, 0) is 6.42 Å². The first-order valence-corrected chi connectivity index (χ1v) is 7.43. The molecule has 6 heteroatoms. The summed E-state index contributed by atoms with van der Waals surface area (Å²) >= 11 is 0. The van der Waals surface area contributed by atoms with Crippen molar-refractivity contribution in [3.8, 4) is 0 Å². The molecule has 0 unspecified atom stereocenters. The summed E-state index contributed by atoms with van der Waals surface area (Å²) in [7, 11) is 3.33. The molecule has 0 fully saturated rings. The van der Waals surface area contributed by atoms with Crippen molar-refractivity contribution in [2.45, 2.75) is 32.9 Å². The predicted octanol–water partition coefficient (Wildman–Crippen LogP) is 4.11. The van der Waals surface area contributed by atoms with Crippen molar-refractivity contribution in [2.24, 2.45) is 9.98 Å². The van der Waals surface area contributed by atoms with Gasteiger partial charge >= 0.3 is 6.18 Å². The number of nitrogens with zero attached hydrogens (tertiary/aromatic N) is 3. The van der Waals surface area contributed by atoms with E-state index in [1.54, 1.807) is 19.0 Å². The topological polar surface area (TPSA) is 28.0 Å². The van der Waals surface area contributed by atoms with Crippen molar-refractivity contribution in [2.75, 3.05) is 14.1 Å². The fraction of sp³-hybridized carbons (Fsp3) is 0.412. The van der Waals surface area contributed by atoms with Crippen LogP contribution in [-0.4, -0.2) is 36.8 Å². The van der Waals surface area contributed by atoms with Gasteiger partial charge in [0.2, 0.25) is 0 Å². The molecule has 23 heavy (non-hydrogen) atoms. The van der Waals surface area contributed by atoms with Gasteiger partial charge in [-0.25, -0.2) is 4.99 Å². The first kappa shape index (κ1) is 17.2. The van der Waals surface area contributed by atoms with E-state index in [4.69, 9.17) is 0 Å². The van der Waals surface area contributed by atoms with Crippen molar-refractivity contribution in [3.63, 3.8) is 0 Å². The fourth-order valence-corrected chi connectivity index (χ4v) is 2.75.